The Morgan fingerprint density at radius 2 is 1.25 bits per heavy atom. The molecular formula is C11H18O9. The van der Waals surface area contributed by atoms with Crippen LogP contribution in [0.15, 0.2) is 0 Å². The van der Waals surface area contributed by atoms with Gasteiger partial charge in [0.2, 0.25) is 0 Å². The zero-order valence-corrected chi connectivity index (χ0v) is 11.5. The smallest absolute Gasteiger partial charge is 0.329 e. The van der Waals surface area contributed by atoms with Crippen LogP contribution in [0.4, 0.5) is 0 Å². The SMILES string of the molecule is CC(=O)OCC(COC(C)=O)OC(C)=O.O=C(O)CO. The maximum absolute atomic E-state index is 10.6. The molecule has 0 radical (unpaired) electrons. The highest BCUT2D eigenvalue weighted by Gasteiger charge is 2.15. The zero-order chi connectivity index (χ0) is 16.1. The molecule has 0 aromatic heterocycles. The molecule has 0 aliphatic heterocycles. The molecule has 0 aliphatic rings. The van der Waals surface area contributed by atoms with Crippen LogP contribution in [-0.2, 0) is 33.4 Å². The van der Waals surface area contributed by atoms with Crippen LogP contribution >= 0.6 is 0 Å². The highest BCUT2D eigenvalue weighted by molar-refractivity contribution is 5.68. The Morgan fingerprint density at radius 3 is 1.45 bits per heavy atom. The van der Waals surface area contributed by atoms with Gasteiger partial charge in [-0.3, -0.25) is 14.4 Å². The van der Waals surface area contributed by atoms with Gasteiger partial charge in [-0.2, -0.15) is 0 Å². The van der Waals surface area contributed by atoms with E-state index in [4.69, 9.17) is 19.7 Å². The summed E-state index contributed by atoms with van der Waals surface area (Å²) in [7, 11) is 0. The van der Waals surface area contributed by atoms with Gasteiger partial charge in [0.15, 0.2) is 6.10 Å². The topological polar surface area (TPSA) is 136 Å². The van der Waals surface area contributed by atoms with E-state index < -0.39 is 36.6 Å². The van der Waals surface area contributed by atoms with Crippen molar-refractivity contribution >= 4 is 23.9 Å². The van der Waals surface area contributed by atoms with E-state index in [1.807, 2.05) is 0 Å². The van der Waals surface area contributed by atoms with Crippen molar-refractivity contribution in [3.05, 3.63) is 0 Å². The summed E-state index contributed by atoms with van der Waals surface area (Å²) in [6, 6.07) is 0. The third kappa shape index (κ3) is 18.2. The molecule has 0 saturated heterocycles. The summed E-state index contributed by atoms with van der Waals surface area (Å²) >= 11 is 0. The second-order valence-electron chi connectivity index (χ2n) is 3.39. The maximum Gasteiger partial charge on any atom is 0.329 e. The molecule has 0 aromatic carbocycles. The number of carbonyl (C=O) groups is 4. The first-order valence-corrected chi connectivity index (χ1v) is 5.45. The lowest BCUT2D eigenvalue weighted by Gasteiger charge is -2.15. The summed E-state index contributed by atoms with van der Waals surface area (Å²) in [5, 5.41) is 15.0. The number of hydrogen-bond donors (Lipinski definition) is 2. The van der Waals surface area contributed by atoms with Gasteiger partial charge < -0.3 is 24.4 Å². The third-order valence-electron chi connectivity index (χ3n) is 1.41. The predicted molar refractivity (Wildman–Crippen MR) is 63.5 cm³/mol. The van der Waals surface area contributed by atoms with E-state index in [1.165, 1.54) is 20.8 Å². The molecule has 0 aromatic rings. The summed E-state index contributed by atoms with van der Waals surface area (Å²) < 4.78 is 14.0. The quantitative estimate of drug-likeness (QED) is 0.472. The predicted octanol–water partition coefficient (Wildman–Crippen LogP) is -0.892. The third-order valence-corrected chi connectivity index (χ3v) is 1.41. The monoisotopic (exact) mass is 294 g/mol. The summed E-state index contributed by atoms with van der Waals surface area (Å²) in [5.74, 6) is -2.70. The summed E-state index contributed by atoms with van der Waals surface area (Å²) in [6.07, 6.45) is -0.754. The van der Waals surface area contributed by atoms with Crippen LogP contribution < -0.4 is 0 Å². The van der Waals surface area contributed by atoms with Gasteiger partial charge in [-0.15, -0.1) is 0 Å². The van der Waals surface area contributed by atoms with E-state index in [0.717, 1.165) is 0 Å². The van der Waals surface area contributed by atoms with Crippen molar-refractivity contribution in [1.82, 2.24) is 0 Å². The Hall–Kier alpha value is -2.16. The Labute approximate surface area is 115 Å². The van der Waals surface area contributed by atoms with E-state index >= 15 is 0 Å². The van der Waals surface area contributed by atoms with E-state index in [-0.39, 0.29) is 13.2 Å². The van der Waals surface area contributed by atoms with Gasteiger partial charge in [-0.05, 0) is 0 Å². The van der Waals surface area contributed by atoms with E-state index in [9.17, 15) is 14.4 Å². The largest absolute Gasteiger partial charge is 0.480 e. The first kappa shape index (κ1) is 20.2. The van der Waals surface area contributed by atoms with Crippen molar-refractivity contribution in [2.45, 2.75) is 26.9 Å². The fourth-order valence-corrected chi connectivity index (χ4v) is 0.771. The van der Waals surface area contributed by atoms with E-state index in [2.05, 4.69) is 9.47 Å². The van der Waals surface area contributed by atoms with Gasteiger partial charge in [0.1, 0.15) is 19.8 Å². The molecule has 0 spiro atoms. The fourth-order valence-electron chi connectivity index (χ4n) is 0.771. The van der Waals surface area contributed by atoms with Crippen LogP contribution in [0.3, 0.4) is 0 Å². The average Bonchev–Trinajstić information content (AvgIpc) is 2.32. The van der Waals surface area contributed by atoms with Gasteiger partial charge in [-0.1, -0.05) is 0 Å². The van der Waals surface area contributed by atoms with Crippen LogP contribution in [0.2, 0.25) is 0 Å². The first-order chi connectivity index (χ1) is 9.18. The highest BCUT2D eigenvalue weighted by atomic mass is 16.6. The number of rotatable bonds is 6. The van der Waals surface area contributed by atoms with Gasteiger partial charge in [0.25, 0.3) is 0 Å². The number of aliphatic hydroxyl groups is 1. The van der Waals surface area contributed by atoms with E-state index in [0.29, 0.717) is 0 Å². The highest BCUT2D eigenvalue weighted by Crippen LogP contribution is 1.97. The average molecular weight is 294 g/mol. The zero-order valence-electron chi connectivity index (χ0n) is 11.5. The molecule has 0 bridgehead atoms. The minimum Gasteiger partial charge on any atom is -0.480 e. The summed E-state index contributed by atoms with van der Waals surface area (Å²) in [5.41, 5.74) is 0. The molecule has 0 saturated carbocycles. The van der Waals surface area contributed by atoms with Gasteiger partial charge in [0, 0.05) is 20.8 Å². The van der Waals surface area contributed by atoms with Gasteiger partial charge in [-0.25, -0.2) is 4.79 Å². The Balaban J connectivity index is 0. The molecule has 116 valence electrons. The van der Waals surface area contributed by atoms with Crippen LogP contribution in [0.25, 0.3) is 0 Å². The number of carboxylic acids is 1. The van der Waals surface area contributed by atoms with Crippen LogP contribution in [0, 0.1) is 0 Å². The number of aliphatic carboxylic acids is 1. The lowest BCUT2D eigenvalue weighted by molar-refractivity contribution is -0.163. The van der Waals surface area contributed by atoms with Crippen LogP contribution in [0.5, 0.6) is 0 Å². The first-order valence-electron chi connectivity index (χ1n) is 5.45. The molecule has 0 heterocycles. The molecule has 9 heteroatoms. The Bertz CT molecular complexity index is 319. The van der Waals surface area contributed by atoms with Gasteiger partial charge >= 0.3 is 23.9 Å². The molecule has 0 aliphatic carbocycles. The Morgan fingerprint density at radius 1 is 0.900 bits per heavy atom. The van der Waals surface area contributed by atoms with Crippen molar-refractivity contribution in [3.63, 3.8) is 0 Å². The summed E-state index contributed by atoms with van der Waals surface area (Å²) in [6.45, 7) is 2.66. The molecule has 9 nitrogen and oxygen atoms in total. The van der Waals surface area contributed by atoms with Crippen molar-refractivity contribution in [2.75, 3.05) is 19.8 Å². The van der Waals surface area contributed by atoms with Crippen molar-refractivity contribution in [3.8, 4) is 0 Å². The molecule has 0 atom stereocenters. The van der Waals surface area contributed by atoms with Crippen molar-refractivity contribution in [1.29, 1.82) is 0 Å². The lowest BCUT2D eigenvalue weighted by Crippen LogP contribution is -2.29. The number of carbonyl (C=O) groups excluding carboxylic acids is 3. The molecule has 0 fully saturated rings. The van der Waals surface area contributed by atoms with E-state index in [1.54, 1.807) is 0 Å². The molecule has 0 rings (SSSR count). The Kier molecular flexibility index (Phi) is 12.0. The minimum absolute atomic E-state index is 0.123. The second kappa shape index (κ2) is 11.9. The second-order valence-corrected chi connectivity index (χ2v) is 3.39. The minimum atomic E-state index is -1.19. The van der Waals surface area contributed by atoms with Crippen molar-refractivity contribution in [2.24, 2.45) is 0 Å². The fraction of sp³-hybridized carbons (Fsp3) is 0.636. The number of esters is 3. The van der Waals surface area contributed by atoms with Gasteiger partial charge in [0.05, 0.1) is 0 Å². The number of hydrogen-bond acceptors (Lipinski definition) is 8. The van der Waals surface area contributed by atoms with Crippen LogP contribution in [-0.4, -0.2) is 60.0 Å². The van der Waals surface area contributed by atoms with Crippen molar-refractivity contribution < 1.29 is 43.6 Å². The summed E-state index contributed by atoms with van der Waals surface area (Å²) in [4.78, 5) is 40.8. The molecule has 20 heavy (non-hydrogen) atoms. The molecule has 0 amide bonds. The number of ether oxygens (including phenoxy) is 3. The maximum atomic E-state index is 10.6. The standard InChI is InChI=1S/C9H14O6.C2H4O3/c1-6(10)13-4-9(15-8(3)12)5-14-7(2)11;3-1-2(4)5/h9H,4-5H2,1-3H3;3H,1H2,(H,4,5). The molecule has 2 N–H and O–H groups in total. The number of aliphatic hydroxyl groups excluding tert-OH is 1. The number of carboxylic acid groups (broad SMARTS) is 1. The lowest BCUT2D eigenvalue weighted by atomic mass is 10.4. The van der Waals surface area contributed by atoms with Crippen LogP contribution in [0.1, 0.15) is 20.8 Å². The normalized spacial score (nSPS) is 9.05. The molecular weight excluding hydrogens is 276 g/mol. The molecule has 0 unspecified atom stereocenters.